The van der Waals surface area contributed by atoms with Gasteiger partial charge in [-0.25, -0.2) is 8.78 Å². The van der Waals surface area contributed by atoms with Crippen LogP contribution in [0.2, 0.25) is 0 Å². The minimum atomic E-state index is -0.782. The number of anilines is 1. The Kier molecular flexibility index (Phi) is 5.31. The van der Waals surface area contributed by atoms with E-state index < -0.39 is 17.7 Å². The lowest BCUT2D eigenvalue weighted by atomic mass is 10.2. The maximum atomic E-state index is 13.7. The minimum absolute atomic E-state index is 0.0595. The summed E-state index contributed by atoms with van der Waals surface area (Å²) in [4.78, 5) is 0. The topological polar surface area (TPSA) is 41.5 Å². The van der Waals surface area contributed by atoms with Gasteiger partial charge in [-0.3, -0.25) is 0 Å². The Labute approximate surface area is 117 Å². The molecule has 2 rings (SSSR count). The van der Waals surface area contributed by atoms with Crippen LogP contribution in [0.3, 0.4) is 0 Å². The molecule has 1 aromatic rings. The number of hydrogen-bond donors (Lipinski definition) is 2. The van der Waals surface area contributed by atoms with Crippen LogP contribution in [0.15, 0.2) is 12.1 Å². The number of halogens is 2. The molecule has 0 amide bonds. The van der Waals surface area contributed by atoms with Gasteiger partial charge in [-0.2, -0.15) is 0 Å². The first kappa shape index (κ1) is 15.2. The van der Waals surface area contributed by atoms with Gasteiger partial charge in [0.1, 0.15) is 11.5 Å². The van der Waals surface area contributed by atoms with Gasteiger partial charge in [0.15, 0.2) is 5.82 Å². The maximum Gasteiger partial charge on any atom is 0.152 e. The van der Waals surface area contributed by atoms with E-state index in [4.69, 9.17) is 4.74 Å². The van der Waals surface area contributed by atoms with Crippen molar-refractivity contribution in [2.24, 2.45) is 0 Å². The first-order valence-electron chi connectivity index (χ1n) is 7.06. The number of benzene rings is 1. The van der Waals surface area contributed by atoms with Gasteiger partial charge in [-0.15, -0.1) is 0 Å². The van der Waals surface area contributed by atoms with E-state index in [0.717, 1.165) is 12.8 Å². The maximum absolute atomic E-state index is 13.7. The molecule has 1 aliphatic rings. The van der Waals surface area contributed by atoms with Crippen molar-refractivity contribution in [1.82, 2.24) is 0 Å². The monoisotopic (exact) mass is 285 g/mol. The fourth-order valence-electron chi connectivity index (χ4n) is 2.40. The predicted octanol–water partition coefficient (Wildman–Crippen LogP) is 3.01. The smallest absolute Gasteiger partial charge is 0.152 e. The van der Waals surface area contributed by atoms with Crippen molar-refractivity contribution in [3.63, 3.8) is 0 Å². The van der Waals surface area contributed by atoms with Gasteiger partial charge in [0.05, 0.1) is 18.8 Å². The number of rotatable bonds is 6. The van der Waals surface area contributed by atoms with Gasteiger partial charge < -0.3 is 15.2 Å². The normalized spacial score (nSPS) is 17.4. The molecule has 1 fully saturated rings. The second-order valence-corrected chi connectivity index (χ2v) is 5.33. The number of ether oxygens (including phenoxy) is 1. The first-order valence-corrected chi connectivity index (χ1v) is 7.06. The Morgan fingerprint density at radius 1 is 1.35 bits per heavy atom. The number of nitrogens with one attached hydrogen (secondary N) is 1. The van der Waals surface area contributed by atoms with Crippen LogP contribution in [0, 0.1) is 18.6 Å². The second kappa shape index (κ2) is 6.99. The molecule has 2 N–H and O–H groups in total. The summed E-state index contributed by atoms with van der Waals surface area (Å²) in [7, 11) is 0. The van der Waals surface area contributed by atoms with Crippen LogP contribution >= 0.6 is 0 Å². The average Bonchev–Trinajstić information content (AvgIpc) is 2.94. The van der Waals surface area contributed by atoms with E-state index in [9.17, 15) is 13.9 Å². The number of aliphatic hydroxyl groups excluding tert-OH is 1. The van der Waals surface area contributed by atoms with Crippen molar-refractivity contribution in [3.05, 3.63) is 29.3 Å². The zero-order chi connectivity index (χ0) is 14.5. The summed E-state index contributed by atoms with van der Waals surface area (Å²) in [6.45, 7) is 1.82. The molecule has 0 radical (unpaired) electrons. The quantitative estimate of drug-likeness (QED) is 0.844. The van der Waals surface area contributed by atoms with Crippen LogP contribution in [0.25, 0.3) is 0 Å². The van der Waals surface area contributed by atoms with Gasteiger partial charge in [-0.1, -0.05) is 18.9 Å². The lowest BCUT2D eigenvalue weighted by molar-refractivity contribution is -0.00121. The Bertz CT molecular complexity index is 448. The second-order valence-electron chi connectivity index (χ2n) is 5.33. The fourth-order valence-corrected chi connectivity index (χ4v) is 2.40. The lowest BCUT2D eigenvalue weighted by Gasteiger charge is -2.17. The standard InChI is InChI=1S/C15H21F2NO2/c1-10-6-7-13(16)15(14(10)17)18-8-11(19)9-20-12-4-2-3-5-12/h6-7,11-12,18-19H,2-5,8-9H2,1H3. The summed E-state index contributed by atoms with van der Waals surface area (Å²) in [5, 5.41) is 12.4. The number of aliphatic hydroxyl groups is 1. The van der Waals surface area contributed by atoms with Gasteiger partial charge in [0.25, 0.3) is 0 Å². The molecule has 20 heavy (non-hydrogen) atoms. The summed E-state index contributed by atoms with van der Waals surface area (Å²) < 4.78 is 32.8. The fraction of sp³-hybridized carbons (Fsp3) is 0.600. The Hall–Kier alpha value is -1.20. The number of hydrogen-bond acceptors (Lipinski definition) is 3. The van der Waals surface area contributed by atoms with E-state index >= 15 is 0 Å². The molecule has 1 saturated carbocycles. The highest BCUT2D eigenvalue weighted by Gasteiger charge is 2.17. The molecule has 0 bridgehead atoms. The SMILES string of the molecule is Cc1ccc(F)c(NCC(O)COC2CCCC2)c1F. The van der Waals surface area contributed by atoms with Crippen LogP contribution in [0.1, 0.15) is 31.2 Å². The first-order chi connectivity index (χ1) is 9.58. The summed E-state index contributed by atoms with van der Waals surface area (Å²) in [6.07, 6.45) is 3.83. The van der Waals surface area contributed by atoms with Crippen molar-refractivity contribution in [1.29, 1.82) is 0 Å². The van der Waals surface area contributed by atoms with Gasteiger partial charge in [0.2, 0.25) is 0 Å². The van der Waals surface area contributed by atoms with E-state index in [-0.39, 0.29) is 24.9 Å². The molecule has 0 saturated heterocycles. The Morgan fingerprint density at radius 3 is 2.75 bits per heavy atom. The third-order valence-corrected chi connectivity index (χ3v) is 3.63. The van der Waals surface area contributed by atoms with Crippen molar-refractivity contribution in [3.8, 4) is 0 Å². The molecule has 0 spiro atoms. The minimum Gasteiger partial charge on any atom is -0.389 e. The summed E-state index contributed by atoms with van der Waals surface area (Å²) in [5.41, 5.74) is 0.176. The summed E-state index contributed by atoms with van der Waals surface area (Å²) >= 11 is 0. The molecule has 1 aromatic carbocycles. The van der Waals surface area contributed by atoms with Crippen molar-refractivity contribution in [2.45, 2.75) is 44.8 Å². The largest absolute Gasteiger partial charge is 0.389 e. The Balaban J connectivity index is 1.80. The van der Waals surface area contributed by atoms with Crippen molar-refractivity contribution < 1.29 is 18.6 Å². The summed E-state index contributed by atoms with van der Waals surface area (Å²) in [6, 6.07) is 2.59. The zero-order valence-corrected chi connectivity index (χ0v) is 11.7. The Morgan fingerprint density at radius 2 is 2.05 bits per heavy atom. The molecule has 1 atom stereocenters. The van der Waals surface area contributed by atoms with Gasteiger partial charge >= 0.3 is 0 Å². The van der Waals surface area contributed by atoms with E-state index in [1.807, 2.05) is 0 Å². The van der Waals surface area contributed by atoms with E-state index in [1.165, 1.54) is 25.0 Å². The van der Waals surface area contributed by atoms with E-state index in [0.29, 0.717) is 5.56 Å². The molecule has 112 valence electrons. The van der Waals surface area contributed by atoms with Crippen LogP contribution in [-0.4, -0.2) is 30.5 Å². The van der Waals surface area contributed by atoms with Crippen molar-refractivity contribution >= 4 is 5.69 Å². The van der Waals surface area contributed by atoms with Crippen molar-refractivity contribution in [2.75, 3.05) is 18.5 Å². The van der Waals surface area contributed by atoms with Crippen LogP contribution < -0.4 is 5.32 Å². The highest BCUT2D eigenvalue weighted by atomic mass is 19.1. The van der Waals surface area contributed by atoms with Gasteiger partial charge in [0, 0.05) is 6.54 Å². The zero-order valence-electron chi connectivity index (χ0n) is 11.7. The molecule has 3 nitrogen and oxygen atoms in total. The molecular weight excluding hydrogens is 264 g/mol. The average molecular weight is 285 g/mol. The molecule has 5 heteroatoms. The predicted molar refractivity (Wildman–Crippen MR) is 73.8 cm³/mol. The van der Waals surface area contributed by atoms with Crippen LogP contribution in [0.5, 0.6) is 0 Å². The molecule has 0 heterocycles. The lowest BCUT2D eigenvalue weighted by Crippen LogP contribution is -2.27. The van der Waals surface area contributed by atoms with Crippen LogP contribution in [-0.2, 0) is 4.74 Å². The molecule has 0 aromatic heterocycles. The third kappa shape index (κ3) is 3.90. The van der Waals surface area contributed by atoms with Gasteiger partial charge in [-0.05, 0) is 31.4 Å². The molecule has 1 aliphatic carbocycles. The summed E-state index contributed by atoms with van der Waals surface area (Å²) in [5.74, 6) is -1.27. The molecule has 1 unspecified atom stereocenters. The molecular formula is C15H21F2NO2. The molecule has 0 aliphatic heterocycles. The third-order valence-electron chi connectivity index (χ3n) is 3.63. The van der Waals surface area contributed by atoms with E-state index in [1.54, 1.807) is 6.92 Å². The highest BCUT2D eigenvalue weighted by molar-refractivity contribution is 5.48. The van der Waals surface area contributed by atoms with E-state index in [2.05, 4.69) is 5.32 Å². The number of aryl methyl sites for hydroxylation is 1. The van der Waals surface area contributed by atoms with Crippen LogP contribution in [0.4, 0.5) is 14.5 Å². The highest BCUT2D eigenvalue weighted by Crippen LogP contribution is 2.22.